The Labute approximate surface area is 256 Å². The Hall–Kier alpha value is -3.76. The third-order valence-electron chi connectivity index (χ3n) is 6.32. The van der Waals surface area contributed by atoms with Gasteiger partial charge >= 0.3 is 0 Å². The van der Waals surface area contributed by atoms with E-state index >= 15 is 0 Å². The maximum atomic E-state index is 11.2. The molecule has 11 heteroatoms. The fraction of sp³-hybridized carbons (Fsp3) is 0.452. The van der Waals surface area contributed by atoms with E-state index in [0.717, 1.165) is 48.7 Å². The number of allylic oxidation sites excluding steroid dienone is 2. The molecule has 3 N–H and O–H groups in total. The van der Waals surface area contributed by atoms with E-state index in [2.05, 4.69) is 44.6 Å². The fourth-order valence-corrected chi connectivity index (χ4v) is 4.39. The Morgan fingerprint density at radius 1 is 1.14 bits per heavy atom. The molecular weight excluding hydrogens is 556 g/mol. The van der Waals surface area contributed by atoms with Gasteiger partial charge in [-0.2, -0.15) is 10.2 Å². The lowest BCUT2D eigenvalue weighted by atomic mass is 9.82. The topological polar surface area (TPSA) is 126 Å². The lowest BCUT2D eigenvalue weighted by molar-refractivity contribution is -0.105. The molecule has 3 rings (SSSR count). The van der Waals surface area contributed by atoms with Crippen LogP contribution in [0.1, 0.15) is 45.1 Å². The molecule has 1 aromatic carbocycles. The Bertz CT molecular complexity index is 1050. The van der Waals surface area contributed by atoms with E-state index in [9.17, 15) is 4.79 Å². The predicted octanol–water partition coefficient (Wildman–Crippen LogP) is 5.54. The van der Waals surface area contributed by atoms with Crippen LogP contribution in [0.4, 0.5) is 5.82 Å². The van der Waals surface area contributed by atoms with Gasteiger partial charge in [-0.05, 0) is 75.3 Å². The van der Waals surface area contributed by atoms with E-state index in [1.54, 1.807) is 6.20 Å². The Morgan fingerprint density at radius 3 is 2.40 bits per heavy atom. The standard InChI is InChI=1S/C22H33ClN2O3.C6H8N2.C2H4N2.CH2O/c1-4-28-22-9-8-20(23)11-19(22)15-27-14-18-7-5-6-17(10-18)12-25-21(13-26)16(2)24-3;1-7-6-4-2-3-5-8-6;1-3-4-2;1-2/h8-9,11,13,17-18,24-25H,4-7,10,12,14-15H2,1-3H3;2-5H,1H3,(H,7,8);1-2H2;1H2/b21-16+;;;. The van der Waals surface area contributed by atoms with E-state index in [0.29, 0.717) is 35.8 Å². The minimum absolute atomic E-state index is 0.509. The lowest BCUT2D eigenvalue weighted by Crippen LogP contribution is -2.30. The van der Waals surface area contributed by atoms with Crippen molar-refractivity contribution in [2.45, 2.75) is 46.1 Å². The molecule has 0 saturated heterocycles. The number of rotatable bonds is 13. The van der Waals surface area contributed by atoms with Gasteiger partial charge in [0.15, 0.2) is 6.29 Å². The van der Waals surface area contributed by atoms with Gasteiger partial charge in [-0.1, -0.05) is 24.1 Å². The molecule has 1 saturated carbocycles. The van der Waals surface area contributed by atoms with E-state index in [1.165, 1.54) is 19.3 Å². The first-order valence-electron chi connectivity index (χ1n) is 13.8. The summed E-state index contributed by atoms with van der Waals surface area (Å²) in [5.41, 5.74) is 2.51. The van der Waals surface area contributed by atoms with Crippen molar-refractivity contribution in [2.75, 3.05) is 39.2 Å². The maximum Gasteiger partial charge on any atom is 0.167 e. The highest BCUT2D eigenvalue weighted by Gasteiger charge is 2.22. The van der Waals surface area contributed by atoms with Gasteiger partial charge in [0.1, 0.15) is 18.4 Å². The number of hydrogen-bond acceptors (Lipinski definition) is 10. The number of carbonyl (C=O) groups is 2. The quantitative estimate of drug-likeness (QED) is 0.118. The third kappa shape index (κ3) is 16.5. The molecule has 2 atom stereocenters. The molecule has 1 fully saturated rings. The number of benzene rings is 1. The molecule has 0 bridgehead atoms. The van der Waals surface area contributed by atoms with E-state index < -0.39 is 0 Å². The molecule has 1 heterocycles. The summed E-state index contributed by atoms with van der Waals surface area (Å²) >= 11 is 6.12. The largest absolute Gasteiger partial charge is 0.494 e. The number of nitrogens with one attached hydrogen (secondary N) is 3. The highest BCUT2D eigenvalue weighted by Crippen LogP contribution is 2.30. The van der Waals surface area contributed by atoms with Crippen LogP contribution in [0.5, 0.6) is 5.75 Å². The molecule has 0 aliphatic heterocycles. The molecule has 1 aromatic heterocycles. The van der Waals surface area contributed by atoms with Crippen LogP contribution < -0.4 is 20.7 Å². The van der Waals surface area contributed by atoms with Crippen LogP contribution in [0.25, 0.3) is 0 Å². The van der Waals surface area contributed by atoms with Crippen LogP contribution in [0.15, 0.2) is 64.2 Å². The molecule has 42 heavy (non-hydrogen) atoms. The second-order valence-corrected chi connectivity index (χ2v) is 9.57. The lowest BCUT2D eigenvalue weighted by Gasteiger charge is -2.29. The molecule has 232 valence electrons. The van der Waals surface area contributed by atoms with Crippen LogP contribution in [0, 0.1) is 11.8 Å². The van der Waals surface area contributed by atoms with Gasteiger partial charge in [0.05, 0.1) is 18.9 Å². The highest BCUT2D eigenvalue weighted by molar-refractivity contribution is 6.30. The molecule has 10 nitrogen and oxygen atoms in total. The van der Waals surface area contributed by atoms with Gasteiger partial charge < -0.3 is 30.2 Å². The second kappa shape index (κ2) is 25.0. The van der Waals surface area contributed by atoms with Crippen molar-refractivity contribution in [1.29, 1.82) is 0 Å². The average Bonchev–Trinajstić information content (AvgIpc) is 3.04. The smallest absolute Gasteiger partial charge is 0.167 e. The number of aldehydes is 1. The summed E-state index contributed by atoms with van der Waals surface area (Å²) in [6.45, 7) is 14.6. The van der Waals surface area contributed by atoms with Gasteiger partial charge in [-0.25, -0.2) is 4.98 Å². The Balaban J connectivity index is 0.000000988. The summed E-state index contributed by atoms with van der Waals surface area (Å²) in [6, 6.07) is 11.4. The first-order valence-corrected chi connectivity index (χ1v) is 14.2. The Morgan fingerprint density at radius 2 is 1.86 bits per heavy atom. The van der Waals surface area contributed by atoms with Crippen molar-refractivity contribution in [2.24, 2.45) is 22.0 Å². The number of anilines is 1. The second-order valence-electron chi connectivity index (χ2n) is 9.13. The first kappa shape index (κ1) is 38.2. The van der Waals surface area contributed by atoms with Gasteiger partial charge in [0.25, 0.3) is 0 Å². The van der Waals surface area contributed by atoms with Gasteiger partial charge in [0, 0.05) is 63.2 Å². The van der Waals surface area contributed by atoms with Crippen molar-refractivity contribution >= 4 is 43.9 Å². The molecule has 2 unspecified atom stereocenters. The van der Waals surface area contributed by atoms with Crippen molar-refractivity contribution in [3.8, 4) is 5.75 Å². The number of hydrogen-bond donors (Lipinski definition) is 3. The summed E-state index contributed by atoms with van der Waals surface area (Å²) in [4.78, 5) is 23.2. The molecule has 2 aromatic rings. The van der Waals surface area contributed by atoms with Crippen molar-refractivity contribution in [1.82, 2.24) is 15.6 Å². The third-order valence-corrected chi connectivity index (χ3v) is 6.56. The van der Waals surface area contributed by atoms with Crippen LogP contribution >= 0.6 is 11.6 Å². The normalized spacial score (nSPS) is 15.7. The maximum absolute atomic E-state index is 11.2. The number of carbonyl (C=O) groups excluding carboxylic acids is 2. The summed E-state index contributed by atoms with van der Waals surface area (Å²) < 4.78 is 11.7. The summed E-state index contributed by atoms with van der Waals surface area (Å²) in [7, 11) is 3.67. The van der Waals surface area contributed by atoms with Gasteiger partial charge in [0.2, 0.25) is 0 Å². The minimum Gasteiger partial charge on any atom is -0.494 e. The molecular formula is C31H47ClN6O4. The molecule has 0 spiro atoms. The SMILES string of the molecule is C=NN=C.C=O.CCOc1ccc(Cl)cc1COCC1CCCC(CN/C(C=O)=C(\C)NC)C1.CNc1ccccn1. The first-order chi connectivity index (χ1) is 20.4. The Kier molecular flexibility index (Phi) is 22.8. The number of aromatic nitrogens is 1. The number of nitrogens with zero attached hydrogens (tertiary/aromatic N) is 3. The molecule has 1 aliphatic rings. The number of ether oxygens (including phenoxy) is 2. The summed E-state index contributed by atoms with van der Waals surface area (Å²) in [5.74, 6) is 2.86. The summed E-state index contributed by atoms with van der Waals surface area (Å²) in [6.07, 6.45) is 7.34. The predicted molar refractivity (Wildman–Crippen MR) is 174 cm³/mol. The van der Waals surface area contributed by atoms with Crippen molar-refractivity contribution in [3.63, 3.8) is 0 Å². The minimum atomic E-state index is 0.509. The zero-order valence-electron chi connectivity index (χ0n) is 25.4. The average molecular weight is 603 g/mol. The summed E-state index contributed by atoms with van der Waals surface area (Å²) in [5, 5.41) is 15.9. The zero-order chi connectivity index (χ0) is 31.6. The van der Waals surface area contributed by atoms with Gasteiger partial charge in [-0.15, -0.1) is 0 Å². The molecule has 1 aliphatic carbocycles. The van der Waals surface area contributed by atoms with Crippen LogP contribution in [-0.2, 0) is 20.9 Å². The monoisotopic (exact) mass is 602 g/mol. The number of pyridine rings is 1. The van der Waals surface area contributed by atoms with Crippen LogP contribution in [0.2, 0.25) is 5.02 Å². The van der Waals surface area contributed by atoms with E-state index in [-0.39, 0.29) is 0 Å². The van der Waals surface area contributed by atoms with E-state index in [4.69, 9.17) is 25.9 Å². The van der Waals surface area contributed by atoms with Crippen LogP contribution in [-0.4, -0.2) is 65.3 Å². The van der Waals surface area contributed by atoms with Crippen molar-refractivity contribution < 1.29 is 19.1 Å². The highest BCUT2D eigenvalue weighted by atomic mass is 35.5. The van der Waals surface area contributed by atoms with Gasteiger partial charge in [-0.3, -0.25) is 4.79 Å². The zero-order valence-corrected chi connectivity index (χ0v) is 26.2. The molecule has 0 amide bonds. The van der Waals surface area contributed by atoms with Crippen LogP contribution in [0.3, 0.4) is 0 Å². The number of halogens is 1. The van der Waals surface area contributed by atoms with Crippen molar-refractivity contribution in [3.05, 3.63) is 64.6 Å². The fourth-order valence-electron chi connectivity index (χ4n) is 4.19. The van der Waals surface area contributed by atoms with E-state index in [1.807, 2.05) is 71.1 Å². The molecule has 0 radical (unpaired) electrons.